The lowest BCUT2D eigenvalue weighted by Gasteiger charge is -2.25. The molecular formula is C18H18FN3. The van der Waals surface area contributed by atoms with E-state index in [9.17, 15) is 4.39 Å². The van der Waals surface area contributed by atoms with Crippen LogP contribution >= 0.6 is 0 Å². The first kappa shape index (κ1) is 13.5. The zero-order chi connectivity index (χ0) is 14.9. The minimum absolute atomic E-state index is 0.117. The first-order valence-corrected chi connectivity index (χ1v) is 7.72. The van der Waals surface area contributed by atoms with Gasteiger partial charge in [0.1, 0.15) is 11.5 Å². The summed E-state index contributed by atoms with van der Waals surface area (Å²) in [5.41, 5.74) is 2.98. The molecule has 0 saturated carbocycles. The summed E-state index contributed by atoms with van der Waals surface area (Å²) >= 11 is 0. The number of fused-ring (bicyclic) bond motifs is 1. The number of rotatable bonds is 3. The lowest BCUT2D eigenvalue weighted by molar-refractivity contribution is 0.240. The third kappa shape index (κ3) is 2.29. The molecule has 1 atom stereocenters. The smallest absolute Gasteiger partial charge is 0.136 e. The van der Waals surface area contributed by atoms with Crippen molar-refractivity contribution in [2.24, 2.45) is 0 Å². The van der Waals surface area contributed by atoms with Crippen LogP contribution in [0.3, 0.4) is 0 Å². The molecule has 0 radical (unpaired) electrons. The fraction of sp³-hybridized carbons (Fsp3) is 0.278. The van der Waals surface area contributed by atoms with Gasteiger partial charge in [-0.25, -0.2) is 9.37 Å². The van der Waals surface area contributed by atoms with E-state index in [-0.39, 0.29) is 5.82 Å². The molecule has 4 rings (SSSR count). The minimum atomic E-state index is -0.117. The molecular weight excluding hydrogens is 277 g/mol. The van der Waals surface area contributed by atoms with Gasteiger partial charge in [0, 0.05) is 30.2 Å². The van der Waals surface area contributed by atoms with Crippen LogP contribution in [0.1, 0.15) is 30.1 Å². The van der Waals surface area contributed by atoms with Crippen LogP contribution in [0.25, 0.3) is 5.65 Å². The maximum absolute atomic E-state index is 13.9. The molecule has 4 heteroatoms. The van der Waals surface area contributed by atoms with Crippen LogP contribution in [-0.4, -0.2) is 20.8 Å². The van der Waals surface area contributed by atoms with Gasteiger partial charge in [0.2, 0.25) is 0 Å². The third-order valence-electron chi connectivity index (χ3n) is 4.50. The van der Waals surface area contributed by atoms with E-state index in [0.717, 1.165) is 30.6 Å². The van der Waals surface area contributed by atoms with E-state index in [4.69, 9.17) is 0 Å². The molecule has 1 fully saturated rings. The number of imidazole rings is 1. The third-order valence-corrected chi connectivity index (χ3v) is 4.50. The molecule has 3 heterocycles. The van der Waals surface area contributed by atoms with Crippen LogP contribution in [0.15, 0.2) is 54.9 Å². The Morgan fingerprint density at radius 3 is 2.95 bits per heavy atom. The van der Waals surface area contributed by atoms with Crippen LogP contribution in [0.5, 0.6) is 0 Å². The van der Waals surface area contributed by atoms with Gasteiger partial charge in [0.15, 0.2) is 0 Å². The summed E-state index contributed by atoms with van der Waals surface area (Å²) in [4.78, 5) is 6.73. The van der Waals surface area contributed by atoms with Crippen LogP contribution in [0, 0.1) is 5.82 Å². The van der Waals surface area contributed by atoms with Gasteiger partial charge in [0.25, 0.3) is 0 Å². The Balaban J connectivity index is 1.67. The number of likely N-dealkylation sites (tertiary alicyclic amines) is 1. The summed E-state index contributed by atoms with van der Waals surface area (Å²) in [6, 6.07) is 13.6. The van der Waals surface area contributed by atoms with Crippen molar-refractivity contribution < 1.29 is 4.39 Å². The number of aromatic nitrogens is 2. The molecule has 22 heavy (non-hydrogen) atoms. The van der Waals surface area contributed by atoms with E-state index < -0.39 is 0 Å². The number of benzene rings is 1. The maximum atomic E-state index is 13.9. The molecule has 1 saturated heterocycles. The highest BCUT2D eigenvalue weighted by Gasteiger charge is 2.28. The number of pyridine rings is 1. The van der Waals surface area contributed by atoms with Gasteiger partial charge >= 0.3 is 0 Å². The van der Waals surface area contributed by atoms with Gasteiger partial charge in [-0.3, -0.25) is 4.90 Å². The van der Waals surface area contributed by atoms with Crippen LogP contribution in [0.4, 0.5) is 4.39 Å². The number of nitrogens with zero attached hydrogens (tertiary/aromatic N) is 3. The fourth-order valence-electron chi connectivity index (χ4n) is 3.44. The molecule has 0 amide bonds. The molecule has 3 aromatic rings. The van der Waals surface area contributed by atoms with Gasteiger partial charge < -0.3 is 4.40 Å². The monoisotopic (exact) mass is 295 g/mol. The molecule has 112 valence electrons. The second kappa shape index (κ2) is 5.54. The molecule has 1 aliphatic rings. The number of hydrogen-bond acceptors (Lipinski definition) is 2. The fourth-order valence-corrected chi connectivity index (χ4v) is 3.44. The summed E-state index contributed by atoms with van der Waals surface area (Å²) in [5, 5.41) is 0. The zero-order valence-corrected chi connectivity index (χ0v) is 12.3. The molecule has 2 aromatic heterocycles. The Hall–Kier alpha value is -2.20. The van der Waals surface area contributed by atoms with Gasteiger partial charge in [-0.15, -0.1) is 0 Å². The van der Waals surface area contributed by atoms with E-state index >= 15 is 0 Å². The van der Waals surface area contributed by atoms with Crippen LogP contribution in [0.2, 0.25) is 0 Å². The molecule has 0 unspecified atom stereocenters. The normalized spacial score (nSPS) is 19.0. The summed E-state index contributed by atoms with van der Waals surface area (Å²) in [5.74, 6) is -0.117. The van der Waals surface area contributed by atoms with Crippen molar-refractivity contribution in [2.75, 3.05) is 6.54 Å². The Kier molecular flexibility index (Phi) is 3.39. The quantitative estimate of drug-likeness (QED) is 0.732. The van der Waals surface area contributed by atoms with Crippen molar-refractivity contribution in [1.29, 1.82) is 0 Å². The largest absolute Gasteiger partial charge is 0.302 e. The summed E-state index contributed by atoms with van der Waals surface area (Å²) in [7, 11) is 0. The molecule has 0 spiro atoms. The second-order valence-electron chi connectivity index (χ2n) is 5.83. The SMILES string of the molecule is Fc1ccccc1CN1CCC[C@@H]1c1cccc2nccn12. The number of hydrogen-bond donors (Lipinski definition) is 0. The predicted octanol–water partition coefficient (Wildman–Crippen LogP) is 3.81. The van der Waals surface area contributed by atoms with Crippen molar-refractivity contribution in [3.8, 4) is 0 Å². The average Bonchev–Trinajstić information content (AvgIpc) is 3.18. The van der Waals surface area contributed by atoms with E-state index in [1.807, 2.05) is 30.6 Å². The topological polar surface area (TPSA) is 20.5 Å². The standard InChI is InChI=1S/C18H18FN3/c19-15-6-2-1-5-14(15)13-21-11-4-8-16(21)17-7-3-9-18-20-10-12-22(17)18/h1-3,5-7,9-10,12,16H,4,8,11,13H2/t16-/m1/s1. The molecule has 1 aliphatic heterocycles. The van der Waals surface area contributed by atoms with Gasteiger partial charge in [-0.2, -0.15) is 0 Å². The van der Waals surface area contributed by atoms with Crippen LogP contribution < -0.4 is 0 Å². The van der Waals surface area contributed by atoms with Crippen molar-refractivity contribution in [3.05, 3.63) is 71.9 Å². The van der Waals surface area contributed by atoms with Gasteiger partial charge in [-0.1, -0.05) is 24.3 Å². The van der Waals surface area contributed by atoms with E-state index in [2.05, 4.69) is 26.4 Å². The van der Waals surface area contributed by atoms with Gasteiger partial charge in [-0.05, 0) is 37.6 Å². The first-order valence-electron chi connectivity index (χ1n) is 7.72. The highest BCUT2D eigenvalue weighted by atomic mass is 19.1. The van der Waals surface area contributed by atoms with Crippen molar-refractivity contribution in [2.45, 2.75) is 25.4 Å². The Morgan fingerprint density at radius 1 is 1.14 bits per heavy atom. The van der Waals surface area contributed by atoms with E-state index in [0.29, 0.717) is 12.6 Å². The van der Waals surface area contributed by atoms with Crippen molar-refractivity contribution in [1.82, 2.24) is 14.3 Å². The Morgan fingerprint density at radius 2 is 2.05 bits per heavy atom. The minimum Gasteiger partial charge on any atom is -0.302 e. The Bertz CT molecular complexity index is 796. The molecule has 3 nitrogen and oxygen atoms in total. The maximum Gasteiger partial charge on any atom is 0.136 e. The predicted molar refractivity (Wildman–Crippen MR) is 84.0 cm³/mol. The highest BCUT2D eigenvalue weighted by molar-refractivity contribution is 5.40. The lowest BCUT2D eigenvalue weighted by atomic mass is 10.1. The summed E-state index contributed by atoms with van der Waals surface area (Å²) in [6.45, 7) is 1.66. The van der Waals surface area contributed by atoms with E-state index in [1.165, 1.54) is 11.8 Å². The second-order valence-corrected chi connectivity index (χ2v) is 5.83. The molecule has 0 aliphatic carbocycles. The molecule has 0 N–H and O–H groups in total. The molecule has 0 bridgehead atoms. The van der Waals surface area contributed by atoms with E-state index in [1.54, 1.807) is 6.07 Å². The zero-order valence-electron chi connectivity index (χ0n) is 12.3. The lowest BCUT2D eigenvalue weighted by Crippen LogP contribution is -2.24. The van der Waals surface area contributed by atoms with Crippen LogP contribution in [-0.2, 0) is 6.54 Å². The summed E-state index contributed by atoms with van der Waals surface area (Å²) in [6.07, 6.45) is 6.08. The summed E-state index contributed by atoms with van der Waals surface area (Å²) < 4.78 is 16.1. The Labute approximate surface area is 129 Å². The first-order chi connectivity index (χ1) is 10.8. The molecule has 1 aromatic carbocycles. The average molecular weight is 295 g/mol. The van der Waals surface area contributed by atoms with Crippen molar-refractivity contribution >= 4 is 5.65 Å². The van der Waals surface area contributed by atoms with Crippen molar-refractivity contribution in [3.63, 3.8) is 0 Å². The highest BCUT2D eigenvalue weighted by Crippen LogP contribution is 2.33. The number of halogens is 1. The van der Waals surface area contributed by atoms with Gasteiger partial charge in [0.05, 0.1) is 6.04 Å².